The Morgan fingerprint density at radius 3 is 2.92 bits per heavy atom. The van der Waals surface area contributed by atoms with Crippen LogP contribution >= 0.6 is 0 Å². The molecule has 0 saturated heterocycles. The van der Waals surface area contributed by atoms with Crippen molar-refractivity contribution < 1.29 is 13.1 Å². The summed E-state index contributed by atoms with van der Waals surface area (Å²) in [6.45, 7) is 4.19. The van der Waals surface area contributed by atoms with Gasteiger partial charge < -0.3 is 4.98 Å². The van der Waals surface area contributed by atoms with Crippen LogP contribution in [0.1, 0.15) is 44.5 Å². The third-order valence-corrected chi connectivity index (χ3v) is 7.74. The predicted octanol–water partition coefficient (Wildman–Crippen LogP) is 1.23. The minimum absolute atomic E-state index is 0.0124. The molecule has 3 heterocycles. The number of nitrogens with one attached hydrogen (secondary N) is 2. The van der Waals surface area contributed by atoms with E-state index in [-0.39, 0.29) is 17.3 Å². The van der Waals surface area contributed by atoms with Gasteiger partial charge in [-0.25, -0.2) is 18.1 Å². The molecule has 8 nitrogen and oxygen atoms in total. The first-order valence-corrected chi connectivity index (χ1v) is 10.7. The van der Waals surface area contributed by atoms with Gasteiger partial charge in [-0.05, 0) is 30.3 Å². The van der Waals surface area contributed by atoms with Gasteiger partial charge in [0.05, 0.1) is 5.25 Å². The van der Waals surface area contributed by atoms with E-state index >= 15 is 0 Å². The van der Waals surface area contributed by atoms with Gasteiger partial charge in [0, 0.05) is 31.5 Å². The summed E-state index contributed by atoms with van der Waals surface area (Å²) in [6.07, 6.45) is 6.86. The van der Waals surface area contributed by atoms with Crippen LogP contribution in [0.5, 0.6) is 0 Å². The summed E-state index contributed by atoms with van der Waals surface area (Å²) >= 11 is 0. The van der Waals surface area contributed by atoms with Crippen molar-refractivity contribution in [2.75, 3.05) is 0 Å². The fourth-order valence-corrected chi connectivity index (χ4v) is 5.96. The molecule has 9 heteroatoms. The number of H-pyrrole nitrogens is 1. The van der Waals surface area contributed by atoms with Gasteiger partial charge in [-0.3, -0.25) is 0 Å². The maximum atomic E-state index is 12.3. The Morgan fingerprint density at radius 1 is 1.35 bits per heavy atom. The van der Waals surface area contributed by atoms with Crippen molar-refractivity contribution in [2.24, 2.45) is 5.92 Å². The van der Waals surface area contributed by atoms with E-state index in [1.807, 2.05) is 19.2 Å². The third-order valence-electron chi connectivity index (χ3n) is 5.73. The molecule has 2 aliphatic carbocycles. The molecule has 3 atom stereocenters. The normalized spacial score (nSPS) is 26.9. The van der Waals surface area contributed by atoms with Crippen molar-refractivity contribution in [3.05, 3.63) is 24.3 Å². The zero-order valence-electron chi connectivity index (χ0n) is 14.9. The summed E-state index contributed by atoms with van der Waals surface area (Å²) < 4.78 is 31.9. The second-order valence-corrected chi connectivity index (χ2v) is 9.71. The van der Waals surface area contributed by atoms with Gasteiger partial charge in [0.1, 0.15) is 17.8 Å². The highest BCUT2D eigenvalue weighted by molar-refractivity contribution is 7.90. The van der Waals surface area contributed by atoms with E-state index in [1.165, 1.54) is 0 Å². The standard InChI is InChI=1S/C17H22N6O2S/c1-10-7-12(21-26(24,25)13-3-4-13)8-15(10)22-11(2)20-16-9-19-17-14(23(16)22)5-6-18-17/h5-6,9-10,12-13,15,21H,3-4,7-8H2,1-2H3/p+1/t10-,12+,15+/m1/s1. The van der Waals surface area contributed by atoms with Gasteiger partial charge in [0.15, 0.2) is 5.65 Å². The van der Waals surface area contributed by atoms with Gasteiger partial charge in [-0.1, -0.05) is 6.92 Å². The molecule has 5 rings (SSSR count). The molecule has 26 heavy (non-hydrogen) atoms. The molecule has 2 fully saturated rings. The number of hydrogen-bond donors (Lipinski definition) is 2. The highest BCUT2D eigenvalue weighted by Crippen LogP contribution is 2.35. The van der Waals surface area contributed by atoms with Gasteiger partial charge >= 0.3 is 11.5 Å². The molecule has 0 spiro atoms. The maximum absolute atomic E-state index is 12.3. The topological polar surface area (TPSA) is 96.0 Å². The van der Waals surface area contributed by atoms with Crippen molar-refractivity contribution in [3.63, 3.8) is 0 Å². The molecule has 2 aliphatic rings. The largest absolute Gasteiger partial charge is 0.345 e. The predicted molar refractivity (Wildman–Crippen MR) is 96.1 cm³/mol. The summed E-state index contributed by atoms with van der Waals surface area (Å²) in [5, 5.41) is -0.174. The lowest BCUT2D eigenvalue weighted by Gasteiger charge is -2.14. The minimum atomic E-state index is -3.16. The van der Waals surface area contributed by atoms with Crippen LogP contribution in [-0.2, 0) is 10.0 Å². The monoisotopic (exact) mass is 375 g/mol. The zero-order valence-corrected chi connectivity index (χ0v) is 15.7. The summed E-state index contributed by atoms with van der Waals surface area (Å²) in [6, 6.07) is 2.18. The van der Waals surface area contributed by atoms with E-state index in [0.717, 1.165) is 48.3 Å². The van der Waals surface area contributed by atoms with Crippen LogP contribution in [0, 0.1) is 12.8 Å². The fourth-order valence-electron chi connectivity index (χ4n) is 4.35. The van der Waals surface area contributed by atoms with E-state index in [2.05, 4.69) is 35.8 Å². The van der Waals surface area contributed by atoms with E-state index in [0.29, 0.717) is 5.92 Å². The van der Waals surface area contributed by atoms with Crippen LogP contribution < -0.4 is 9.40 Å². The van der Waals surface area contributed by atoms with Crippen LogP contribution in [0.2, 0.25) is 0 Å². The number of aromatic nitrogens is 5. The van der Waals surface area contributed by atoms with Crippen LogP contribution in [-0.4, -0.2) is 39.2 Å². The molecule has 0 radical (unpaired) electrons. The average molecular weight is 375 g/mol. The quantitative estimate of drug-likeness (QED) is 0.671. The average Bonchev–Trinajstić information content (AvgIpc) is 3.12. The first-order valence-electron chi connectivity index (χ1n) is 9.18. The zero-order chi connectivity index (χ0) is 18.1. The highest BCUT2D eigenvalue weighted by atomic mass is 32.2. The molecule has 0 amide bonds. The third kappa shape index (κ3) is 2.44. The second-order valence-electron chi connectivity index (χ2n) is 7.72. The number of hydrogen-bond acceptors (Lipinski definition) is 4. The number of aromatic amines is 1. The molecule has 2 saturated carbocycles. The molecule has 138 valence electrons. The van der Waals surface area contributed by atoms with Crippen molar-refractivity contribution >= 4 is 26.8 Å². The Balaban J connectivity index is 1.53. The van der Waals surface area contributed by atoms with Gasteiger partial charge in [-0.15, -0.1) is 9.20 Å². The highest BCUT2D eigenvalue weighted by Gasteiger charge is 2.43. The van der Waals surface area contributed by atoms with Crippen LogP contribution in [0.15, 0.2) is 18.5 Å². The molecule has 2 N–H and O–H groups in total. The lowest BCUT2D eigenvalue weighted by Crippen LogP contribution is -2.48. The Hall–Kier alpha value is -2.00. The summed E-state index contributed by atoms with van der Waals surface area (Å²) in [7, 11) is -3.16. The fraction of sp³-hybridized carbons (Fsp3) is 0.588. The Kier molecular flexibility index (Phi) is 3.42. The molecule has 0 unspecified atom stereocenters. The van der Waals surface area contributed by atoms with Crippen LogP contribution in [0.4, 0.5) is 0 Å². The maximum Gasteiger partial charge on any atom is 0.317 e. The Morgan fingerprint density at radius 2 is 2.15 bits per heavy atom. The summed E-state index contributed by atoms with van der Waals surface area (Å²) in [5.41, 5.74) is 2.61. The first-order chi connectivity index (χ1) is 12.4. The Bertz CT molecular complexity index is 1100. The van der Waals surface area contributed by atoms with Crippen molar-refractivity contribution in [2.45, 2.75) is 56.9 Å². The molecule has 3 aromatic rings. The SMILES string of the molecule is Cc1nc2cnc3[nH]ccc3n2[n+]1[C@H]1C[C@@H](NS(=O)(=O)C2CC2)C[C@H]1C. The van der Waals surface area contributed by atoms with Gasteiger partial charge in [0.25, 0.3) is 0 Å². The second kappa shape index (κ2) is 5.50. The molecular weight excluding hydrogens is 352 g/mol. The molecule has 0 aliphatic heterocycles. The molecule has 0 aromatic carbocycles. The number of fused-ring (bicyclic) bond motifs is 3. The van der Waals surface area contributed by atoms with Gasteiger partial charge in [0.2, 0.25) is 10.0 Å². The Labute approximate surface area is 151 Å². The molecular formula is C17H23N6O2S+. The van der Waals surface area contributed by atoms with Crippen LogP contribution in [0.3, 0.4) is 0 Å². The van der Waals surface area contributed by atoms with Crippen molar-refractivity contribution in [1.82, 2.24) is 24.2 Å². The van der Waals surface area contributed by atoms with E-state index in [1.54, 1.807) is 6.20 Å². The smallest absolute Gasteiger partial charge is 0.317 e. The number of aryl methyl sites for hydroxylation is 1. The lowest BCUT2D eigenvalue weighted by atomic mass is 10.1. The summed E-state index contributed by atoms with van der Waals surface area (Å²) in [5.74, 6) is 1.27. The first kappa shape index (κ1) is 16.2. The van der Waals surface area contributed by atoms with E-state index in [4.69, 9.17) is 0 Å². The molecule has 3 aromatic heterocycles. The number of sulfonamides is 1. The minimum Gasteiger partial charge on any atom is -0.345 e. The van der Waals surface area contributed by atoms with Gasteiger partial charge in [-0.2, -0.15) is 0 Å². The number of nitrogens with zero attached hydrogens (tertiary/aromatic N) is 4. The van der Waals surface area contributed by atoms with E-state index in [9.17, 15) is 8.42 Å². The van der Waals surface area contributed by atoms with Crippen molar-refractivity contribution in [1.29, 1.82) is 0 Å². The summed E-state index contributed by atoms with van der Waals surface area (Å²) in [4.78, 5) is 12.2. The van der Waals surface area contributed by atoms with E-state index < -0.39 is 10.0 Å². The lowest BCUT2D eigenvalue weighted by molar-refractivity contribution is -0.791. The molecule has 0 bridgehead atoms. The van der Waals surface area contributed by atoms with Crippen molar-refractivity contribution in [3.8, 4) is 0 Å². The van der Waals surface area contributed by atoms with Crippen LogP contribution in [0.25, 0.3) is 16.8 Å². The number of rotatable bonds is 4.